The molecule has 0 saturated carbocycles. The number of halogens is 1. The molecule has 170 valence electrons. The third-order valence-electron chi connectivity index (χ3n) is 5.62. The van der Waals surface area contributed by atoms with E-state index in [-0.39, 0.29) is 18.4 Å². The molecule has 4 rings (SSSR count). The van der Waals surface area contributed by atoms with Crippen LogP contribution in [0.1, 0.15) is 17.5 Å². The van der Waals surface area contributed by atoms with Crippen molar-refractivity contribution in [1.29, 1.82) is 0 Å². The number of hydrogen-bond donors (Lipinski definition) is 1. The Morgan fingerprint density at radius 1 is 1.00 bits per heavy atom. The van der Waals surface area contributed by atoms with Crippen molar-refractivity contribution in [2.75, 3.05) is 30.4 Å². The van der Waals surface area contributed by atoms with Crippen LogP contribution in [-0.2, 0) is 17.8 Å². The SMILES string of the molecule is COc1ccc(CC(=O)Nc2ccccc2N2CCCN(Cc3ccccc3Cl)C2=O)cc1. The molecule has 1 aliphatic rings. The van der Waals surface area contributed by atoms with Gasteiger partial charge in [-0.1, -0.05) is 54.1 Å². The smallest absolute Gasteiger partial charge is 0.324 e. The summed E-state index contributed by atoms with van der Waals surface area (Å²) in [5.74, 6) is 0.597. The zero-order valence-electron chi connectivity index (χ0n) is 18.5. The summed E-state index contributed by atoms with van der Waals surface area (Å²) >= 11 is 6.30. The molecule has 1 saturated heterocycles. The molecule has 7 heteroatoms. The van der Waals surface area contributed by atoms with Gasteiger partial charge in [0.15, 0.2) is 0 Å². The normalized spacial score (nSPS) is 13.7. The van der Waals surface area contributed by atoms with Crippen molar-refractivity contribution in [1.82, 2.24) is 4.90 Å². The van der Waals surface area contributed by atoms with Crippen LogP contribution in [0.5, 0.6) is 5.75 Å². The van der Waals surface area contributed by atoms with Crippen LogP contribution in [-0.4, -0.2) is 37.0 Å². The number of carbonyl (C=O) groups excluding carboxylic acids is 2. The third kappa shape index (κ3) is 5.46. The predicted octanol–water partition coefficient (Wildman–Crippen LogP) is 5.36. The van der Waals surface area contributed by atoms with Crippen LogP contribution in [0.3, 0.4) is 0 Å². The second-order valence-corrected chi connectivity index (χ2v) is 8.30. The number of methoxy groups -OCH3 is 1. The molecule has 3 aromatic rings. The molecule has 6 nitrogen and oxygen atoms in total. The molecule has 1 fully saturated rings. The zero-order chi connectivity index (χ0) is 23.2. The van der Waals surface area contributed by atoms with Crippen molar-refractivity contribution in [2.45, 2.75) is 19.4 Å². The molecule has 0 aliphatic carbocycles. The molecule has 0 radical (unpaired) electrons. The maximum atomic E-state index is 13.3. The van der Waals surface area contributed by atoms with E-state index in [1.165, 1.54) is 0 Å². The minimum absolute atomic E-state index is 0.0991. The standard InChI is InChI=1S/C26H26ClN3O3/c1-33-21-13-11-19(12-14-21)17-25(31)28-23-9-4-5-10-24(23)30-16-6-15-29(26(30)32)18-20-7-2-3-8-22(20)27/h2-5,7-14H,6,15-18H2,1H3,(H,28,31). The Labute approximate surface area is 198 Å². The van der Waals surface area contributed by atoms with Crippen LogP contribution in [0.4, 0.5) is 16.2 Å². The lowest BCUT2D eigenvalue weighted by molar-refractivity contribution is -0.115. The van der Waals surface area contributed by atoms with Gasteiger partial charge in [-0.3, -0.25) is 9.69 Å². The van der Waals surface area contributed by atoms with Gasteiger partial charge < -0.3 is 15.0 Å². The van der Waals surface area contributed by atoms with E-state index in [0.717, 1.165) is 23.3 Å². The van der Waals surface area contributed by atoms with E-state index in [1.54, 1.807) is 16.9 Å². The number of nitrogens with one attached hydrogen (secondary N) is 1. The maximum absolute atomic E-state index is 13.3. The Morgan fingerprint density at radius 2 is 1.73 bits per heavy atom. The summed E-state index contributed by atoms with van der Waals surface area (Å²) in [5, 5.41) is 3.62. The van der Waals surface area contributed by atoms with Crippen molar-refractivity contribution in [3.05, 3.63) is 88.9 Å². The van der Waals surface area contributed by atoms with E-state index >= 15 is 0 Å². The number of benzene rings is 3. The molecule has 0 unspecified atom stereocenters. The number of para-hydroxylation sites is 2. The first kappa shape index (κ1) is 22.7. The fourth-order valence-corrected chi connectivity index (χ4v) is 4.12. The monoisotopic (exact) mass is 463 g/mol. The van der Waals surface area contributed by atoms with E-state index in [0.29, 0.717) is 36.0 Å². The minimum atomic E-state index is -0.148. The van der Waals surface area contributed by atoms with Gasteiger partial charge in [-0.25, -0.2) is 4.79 Å². The number of ether oxygens (including phenoxy) is 1. The summed E-state index contributed by atoms with van der Waals surface area (Å²) in [5.41, 5.74) is 3.10. The van der Waals surface area contributed by atoms with Crippen molar-refractivity contribution in [2.24, 2.45) is 0 Å². The second-order valence-electron chi connectivity index (χ2n) is 7.89. The highest BCUT2D eigenvalue weighted by molar-refractivity contribution is 6.31. The van der Waals surface area contributed by atoms with E-state index in [1.807, 2.05) is 72.8 Å². The predicted molar refractivity (Wildman–Crippen MR) is 131 cm³/mol. The number of anilines is 2. The summed E-state index contributed by atoms with van der Waals surface area (Å²) in [4.78, 5) is 29.6. The Hall–Kier alpha value is -3.51. The fraction of sp³-hybridized carbons (Fsp3) is 0.231. The first-order chi connectivity index (χ1) is 16.0. The number of rotatable bonds is 7. The molecule has 0 atom stereocenters. The number of amides is 3. The quantitative estimate of drug-likeness (QED) is 0.513. The molecular weight excluding hydrogens is 438 g/mol. The molecule has 0 spiro atoms. The largest absolute Gasteiger partial charge is 0.497 e. The van der Waals surface area contributed by atoms with Gasteiger partial charge in [-0.05, 0) is 47.9 Å². The number of urea groups is 1. The topological polar surface area (TPSA) is 61.9 Å². The molecule has 0 bridgehead atoms. The summed E-state index contributed by atoms with van der Waals surface area (Å²) in [7, 11) is 1.61. The fourth-order valence-electron chi connectivity index (χ4n) is 3.92. The van der Waals surface area contributed by atoms with Gasteiger partial charge in [0.1, 0.15) is 5.75 Å². The lowest BCUT2D eigenvalue weighted by Crippen LogP contribution is -2.49. The molecule has 1 N–H and O–H groups in total. The van der Waals surface area contributed by atoms with Crippen molar-refractivity contribution >= 4 is 34.9 Å². The summed E-state index contributed by atoms with van der Waals surface area (Å²) in [6.45, 7) is 1.69. The summed E-state index contributed by atoms with van der Waals surface area (Å²) in [6.07, 6.45) is 1.05. The Bertz CT molecular complexity index is 1130. The van der Waals surface area contributed by atoms with E-state index in [2.05, 4.69) is 5.32 Å². The lowest BCUT2D eigenvalue weighted by atomic mass is 10.1. The van der Waals surface area contributed by atoms with Crippen LogP contribution in [0.15, 0.2) is 72.8 Å². The summed E-state index contributed by atoms with van der Waals surface area (Å²) in [6, 6.07) is 22.3. The summed E-state index contributed by atoms with van der Waals surface area (Å²) < 4.78 is 5.17. The molecular formula is C26H26ClN3O3. The molecule has 3 aromatic carbocycles. The number of nitrogens with zero attached hydrogens (tertiary/aromatic N) is 2. The van der Waals surface area contributed by atoms with Crippen LogP contribution in [0, 0.1) is 0 Å². The van der Waals surface area contributed by atoms with Crippen molar-refractivity contribution in [3.8, 4) is 5.75 Å². The highest BCUT2D eigenvalue weighted by Crippen LogP contribution is 2.30. The Kier molecular flexibility index (Phi) is 7.15. The van der Waals surface area contributed by atoms with Gasteiger partial charge in [-0.2, -0.15) is 0 Å². The Balaban J connectivity index is 1.48. The Morgan fingerprint density at radius 3 is 2.48 bits per heavy atom. The van der Waals surface area contributed by atoms with Crippen LogP contribution in [0.25, 0.3) is 0 Å². The van der Waals surface area contributed by atoms with E-state index in [4.69, 9.17) is 16.3 Å². The van der Waals surface area contributed by atoms with Crippen LogP contribution < -0.4 is 15.0 Å². The average molecular weight is 464 g/mol. The molecule has 33 heavy (non-hydrogen) atoms. The first-order valence-electron chi connectivity index (χ1n) is 10.9. The van der Waals surface area contributed by atoms with E-state index in [9.17, 15) is 9.59 Å². The van der Waals surface area contributed by atoms with Gasteiger partial charge in [0.05, 0.1) is 24.9 Å². The van der Waals surface area contributed by atoms with Gasteiger partial charge in [0.25, 0.3) is 0 Å². The number of hydrogen-bond acceptors (Lipinski definition) is 3. The van der Waals surface area contributed by atoms with Crippen LogP contribution in [0.2, 0.25) is 5.02 Å². The van der Waals surface area contributed by atoms with Gasteiger partial charge >= 0.3 is 6.03 Å². The highest BCUT2D eigenvalue weighted by atomic mass is 35.5. The van der Waals surface area contributed by atoms with Crippen LogP contribution >= 0.6 is 11.6 Å². The van der Waals surface area contributed by atoms with Gasteiger partial charge in [0.2, 0.25) is 5.91 Å². The van der Waals surface area contributed by atoms with Gasteiger partial charge in [-0.15, -0.1) is 0 Å². The maximum Gasteiger partial charge on any atom is 0.324 e. The molecule has 1 aliphatic heterocycles. The van der Waals surface area contributed by atoms with Gasteiger partial charge in [0, 0.05) is 24.7 Å². The third-order valence-corrected chi connectivity index (χ3v) is 5.99. The first-order valence-corrected chi connectivity index (χ1v) is 11.2. The highest BCUT2D eigenvalue weighted by Gasteiger charge is 2.28. The zero-order valence-corrected chi connectivity index (χ0v) is 19.2. The average Bonchev–Trinajstić information content (AvgIpc) is 2.83. The van der Waals surface area contributed by atoms with Crippen molar-refractivity contribution < 1.29 is 14.3 Å². The van der Waals surface area contributed by atoms with E-state index < -0.39 is 0 Å². The minimum Gasteiger partial charge on any atom is -0.497 e. The lowest BCUT2D eigenvalue weighted by Gasteiger charge is -2.36. The second kappa shape index (κ2) is 10.4. The molecule has 0 aromatic heterocycles. The molecule has 1 heterocycles. The molecule has 3 amide bonds. The number of carbonyl (C=O) groups is 2. The van der Waals surface area contributed by atoms with Crippen molar-refractivity contribution in [3.63, 3.8) is 0 Å².